The van der Waals surface area contributed by atoms with Crippen molar-refractivity contribution in [2.45, 2.75) is 32.6 Å². The van der Waals surface area contributed by atoms with Crippen LogP contribution in [0.25, 0.3) is 0 Å². The molecule has 0 aliphatic carbocycles. The van der Waals surface area contributed by atoms with E-state index in [1.807, 2.05) is 11.8 Å². The first-order valence-electron chi connectivity index (χ1n) is 6.54. The highest BCUT2D eigenvalue weighted by Crippen LogP contribution is 2.21. The lowest BCUT2D eigenvalue weighted by molar-refractivity contribution is 0.570. The zero-order valence-electron chi connectivity index (χ0n) is 11.3. The van der Waals surface area contributed by atoms with Crippen LogP contribution in [0.4, 0.5) is 0 Å². The minimum Gasteiger partial charge on any atom is -0.316 e. The Hall–Kier alpha value is -0.470. The zero-order chi connectivity index (χ0) is 12.5. The van der Waals surface area contributed by atoms with Crippen LogP contribution in [0.15, 0.2) is 24.3 Å². The first-order valence-corrected chi connectivity index (χ1v) is 7.93. The fourth-order valence-corrected chi connectivity index (χ4v) is 2.46. The summed E-state index contributed by atoms with van der Waals surface area (Å²) in [6.07, 6.45) is 4.66. The molecule has 2 heteroatoms. The molecule has 0 saturated heterocycles. The van der Waals surface area contributed by atoms with Gasteiger partial charge in [-0.25, -0.2) is 0 Å². The average Bonchev–Trinajstić information content (AvgIpc) is 2.35. The summed E-state index contributed by atoms with van der Waals surface area (Å²) in [5.74, 6) is 1.90. The molecule has 1 N–H and O–H groups in total. The summed E-state index contributed by atoms with van der Waals surface area (Å²) in [6, 6.07) is 9.02. The van der Waals surface area contributed by atoms with Gasteiger partial charge in [0.1, 0.15) is 0 Å². The molecule has 17 heavy (non-hydrogen) atoms. The highest BCUT2D eigenvalue weighted by Gasteiger charge is 2.10. The van der Waals surface area contributed by atoms with E-state index in [2.05, 4.69) is 49.7 Å². The molecule has 0 amide bonds. The van der Waals surface area contributed by atoms with Gasteiger partial charge in [0, 0.05) is 6.54 Å². The van der Waals surface area contributed by atoms with Crippen molar-refractivity contribution in [3.8, 4) is 0 Å². The van der Waals surface area contributed by atoms with Crippen molar-refractivity contribution in [2.75, 3.05) is 25.1 Å². The van der Waals surface area contributed by atoms with Crippen molar-refractivity contribution in [2.24, 2.45) is 0 Å². The lowest BCUT2D eigenvalue weighted by Crippen LogP contribution is -2.22. The molecule has 1 atom stereocenters. The van der Waals surface area contributed by atoms with Gasteiger partial charge in [-0.15, -0.1) is 0 Å². The van der Waals surface area contributed by atoms with Gasteiger partial charge >= 0.3 is 0 Å². The van der Waals surface area contributed by atoms with Gasteiger partial charge in [0.15, 0.2) is 0 Å². The molecule has 0 fully saturated rings. The van der Waals surface area contributed by atoms with E-state index in [9.17, 15) is 0 Å². The van der Waals surface area contributed by atoms with Crippen LogP contribution in [0.1, 0.15) is 36.8 Å². The molecule has 0 heterocycles. The van der Waals surface area contributed by atoms with Gasteiger partial charge in [-0.3, -0.25) is 0 Å². The van der Waals surface area contributed by atoms with E-state index in [0.717, 1.165) is 13.1 Å². The van der Waals surface area contributed by atoms with E-state index in [1.54, 1.807) is 0 Å². The number of rotatable bonds is 8. The predicted molar refractivity (Wildman–Crippen MR) is 80.1 cm³/mol. The number of benzene rings is 1. The molecule has 0 aromatic heterocycles. The van der Waals surface area contributed by atoms with Crippen molar-refractivity contribution in [3.05, 3.63) is 35.4 Å². The van der Waals surface area contributed by atoms with Gasteiger partial charge in [-0.2, -0.15) is 11.8 Å². The van der Waals surface area contributed by atoms with E-state index in [0.29, 0.717) is 5.92 Å². The molecule has 0 aliphatic rings. The van der Waals surface area contributed by atoms with Gasteiger partial charge < -0.3 is 5.32 Å². The minimum absolute atomic E-state index is 0.662. The Morgan fingerprint density at radius 2 is 1.94 bits per heavy atom. The number of hydrogen-bond acceptors (Lipinski definition) is 2. The maximum atomic E-state index is 3.55. The quantitative estimate of drug-likeness (QED) is 0.705. The van der Waals surface area contributed by atoms with Crippen LogP contribution >= 0.6 is 11.8 Å². The van der Waals surface area contributed by atoms with Crippen LogP contribution in [-0.2, 0) is 0 Å². The van der Waals surface area contributed by atoms with E-state index >= 15 is 0 Å². The van der Waals surface area contributed by atoms with Crippen LogP contribution in [0.3, 0.4) is 0 Å². The Morgan fingerprint density at radius 3 is 2.53 bits per heavy atom. The van der Waals surface area contributed by atoms with E-state index in [1.165, 1.54) is 29.7 Å². The van der Waals surface area contributed by atoms with Crippen molar-refractivity contribution >= 4 is 11.8 Å². The summed E-state index contributed by atoms with van der Waals surface area (Å²) in [6.45, 7) is 6.60. The number of nitrogens with one attached hydrogen (secondary N) is 1. The molecular formula is C15H25NS. The number of thioether (sulfide) groups is 1. The second kappa shape index (κ2) is 8.60. The normalized spacial score (nSPS) is 12.6. The standard InChI is InChI=1S/C15H25NS/c1-4-10-16-12-15(9-11-17-3)14-7-5-13(2)6-8-14/h5-8,15-16H,4,9-12H2,1-3H3. The highest BCUT2D eigenvalue weighted by atomic mass is 32.2. The van der Waals surface area contributed by atoms with Gasteiger partial charge in [0.2, 0.25) is 0 Å². The molecule has 1 aromatic rings. The van der Waals surface area contributed by atoms with E-state index in [4.69, 9.17) is 0 Å². The zero-order valence-corrected chi connectivity index (χ0v) is 12.1. The first-order chi connectivity index (χ1) is 8.27. The summed E-state index contributed by atoms with van der Waals surface area (Å²) in [7, 11) is 0. The third kappa shape index (κ3) is 5.60. The Bertz CT molecular complexity index is 294. The summed E-state index contributed by atoms with van der Waals surface area (Å²) < 4.78 is 0. The molecule has 1 rings (SSSR count). The maximum Gasteiger partial charge on any atom is 0.00204 e. The molecule has 1 aromatic carbocycles. The number of hydrogen-bond donors (Lipinski definition) is 1. The highest BCUT2D eigenvalue weighted by molar-refractivity contribution is 7.98. The first kappa shape index (κ1) is 14.6. The molecule has 1 nitrogen and oxygen atoms in total. The summed E-state index contributed by atoms with van der Waals surface area (Å²) in [4.78, 5) is 0. The van der Waals surface area contributed by atoms with Crippen LogP contribution < -0.4 is 5.32 Å². The second-order valence-electron chi connectivity index (χ2n) is 4.59. The van der Waals surface area contributed by atoms with Crippen molar-refractivity contribution in [1.82, 2.24) is 5.32 Å². The molecule has 0 spiro atoms. The largest absolute Gasteiger partial charge is 0.316 e. The minimum atomic E-state index is 0.662. The fourth-order valence-electron chi connectivity index (χ4n) is 1.94. The molecule has 0 aliphatic heterocycles. The fraction of sp³-hybridized carbons (Fsp3) is 0.600. The Morgan fingerprint density at radius 1 is 1.24 bits per heavy atom. The van der Waals surface area contributed by atoms with E-state index in [-0.39, 0.29) is 0 Å². The molecular weight excluding hydrogens is 226 g/mol. The third-order valence-corrected chi connectivity index (χ3v) is 3.68. The summed E-state index contributed by atoms with van der Waals surface area (Å²) in [5.41, 5.74) is 2.83. The maximum absolute atomic E-state index is 3.55. The third-order valence-electron chi connectivity index (χ3n) is 3.04. The second-order valence-corrected chi connectivity index (χ2v) is 5.58. The topological polar surface area (TPSA) is 12.0 Å². The van der Waals surface area contributed by atoms with Crippen LogP contribution in [0.2, 0.25) is 0 Å². The van der Waals surface area contributed by atoms with Gasteiger partial charge in [-0.05, 0) is 49.8 Å². The van der Waals surface area contributed by atoms with Gasteiger partial charge in [0.05, 0.1) is 0 Å². The monoisotopic (exact) mass is 251 g/mol. The van der Waals surface area contributed by atoms with Crippen LogP contribution in [-0.4, -0.2) is 25.1 Å². The molecule has 0 saturated carbocycles. The lowest BCUT2D eigenvalue weighted by atomic mass is 9.95. The average molecular weight is 251 g/mol. The van der Waals surface area contributed by atoms with Crippen molar-refractivity contribution in [3.63, 3.8) is 0 Å². The lowest BCUT2D eigenvalue weighted by Gasteiger charge is -2.18. The smallest absolute Gasteiger partial charge is 0.00204 e. The van der Waals surface area contributed by atoms with Crippen LogP contribution in [0, 0.1) is 6.92 Å². The van der Waals surface area contributed by atoms with Crippen molar-refractivity contribution in [1.29, 1.82) is 0 Å². The molecule has 0 radical (unpaired) electrons. The Kier molecular flexibility index (Phi) is 7.38. The summed E-state index contributed by atoms with van der Waals surface area (Å²) >= 11 is 1.94. The predicted octanol–water partition coefficient (Wildman–Crippen LogP) is 3.83. The van der Waals surface area contributed by atoms with E-state index < -0.39 is 0 Å². The molecule has 96 valence electrons. The molecule has 1 unspecified atom stereocenters. The van der Waals surface area contributed by atoms with Gasteiger partial charge in [-0.1, -0.05) is 36.8 Å². The van der Waals surface area contributed by atoms with Crippen molar-refractivity contribution < 1.29 is 0 Å². The molecule has 0 bridgehead atoms. The van der Waals surface area contributed by atoms with Gasteiger partial charge in [0.25, 0.3) is 0 Å². The number of aryl methyl sites for hydroxylation is 1. The SMILES string of the molecule is CCCNCC(CCSC)c1ccc(C)cc1. The Balaban J connectivity index is 2.57. The summed E-state index contributed by atoms with van der Waals surface area (Å²) in [5, 5.41) is 3.55. The van der Waals surface area contributed by atoms with Crippen LogP contribution in [0.5, 0.6) is 0 Å². The Labute approximate surface area is 110 Å².